The molecule has 0 aliphatic heterocycles. The SMILES string of the molecule is CCCCCCCCCCOCC(O)COc1cc(O)c(-c2nc(-c3ccc(C)cc3C)nc(-c3ccc(C)cc3C)n2)cc1C(C)(C)c1ccccc1. The Kier molecular flexibility index (Phi) is 14.4. The van der Waals surface area contributed by atoms with Gasteiger partial charge in [0.05, 0.1) is 12.2 Å². The van der Waals surface area contributed by atoms with Gasteiger partial charge in [-0.25, -0.2) is 15.0 Å². The first-order valence-corrected chi connectivity index (χ1v) is 19.7. The summed E-state index contributed by atoms with van der Waals surface area (Å²) < 4.78 is 12.1. The van der Waals surface area contributed by atoms with Crippen molar-refractivity contribution in [2.24, 2.45) is 0 Å². The molecule has 0 radical (unpaired) electrons. The second-order valence-electron chi connectivity index (χ2n) is 15.3. The van der Waals surface area contributed by atoms with Crippen LogP contribution in [0, 0.1) is 27.7 Å². The number of ether oxygens (including phenoxy) is 2. The Morgan fingerprint density at radius 2 is 1.17 bits per heavy atom. The first-order valence-electron chi connectivity index (χ1n) is 19.7. The van der Waals surface area contributed by atoms with Gasteiger partial charge in [0.1, 0.15) is 24.2 Å². The molecule has 0 saturated carbocycles. The summed E-state index contributed by atoms with van der Waals surface area (Å²) >= 11 is 0. The fraction of sp³-hybridized carbons (Fsp3) is 0.426. The van der Waals surface area contributed by atoms with E-state index in [1.807, 2.05) is 36.4 Å². The average molecular weight is 730 g/mol. The smallest absolute Gasteiger partial charge is 0.167 e. The van der Waals surface area contributed by atoms with Gasteiger partial charge in [0, 0.05) is 34.8 Å². The van der Waals surface area contributed by atoms with Gasteiger partial charge in [-0.15, -0.1) is 0 Å². The predicted molar refractivity (Wildman–Crippen MR) is 220 cm³/mol. The van der Waals surface area contributed by atoms with E-state index in [4.69, 9.17) is 24.4 Å². The molecule has 0 fully saturated rings. The molecule has 0 aliphatic carbocycles. The van der Waals surface area contributed by atoms with Crippen LogP contribution in [0.5, 0.6) is 11.5 Å². The number of unbranched alkanes of at least 4 members (excludes halogenated alkanes) is 7. The standard InChI is InChI=1S/C47H59N3O4/c1-8-9-10-11-12-13-14-18-25-53-30-37(51)31-54-43-29-42(52)40(28-41(43)47(6,7)36-19-16-15-17-20-36)46-49-44(38-23-21-32(2)26-34(38)4)48-45(50-46)39-24-22-33(3)27-35(39)5/h15-17,19-24,26-29,37,51-52H,8-14,18,25,30-31H2,1-7H3. The number of phenols is 1. The predicted octanol–water partition coefficient (Wildman–Crippen LogP) is 11.0. The number of benzene rings is 4. The highest BCUT2D eigenvalue weighted by Crippen LogP contribution is 2.43. The number of aliphatic hydroxyl groups excluding tert-OH is 1. The molecular formula is C47H59N3O4. The van der Waals surface area contributed by atoms with Crippen LogP contribution in [0.25, 0.3) is 34.2 Å². The van der Waals surface area contributed by atoms with Gasteiger partial charge in [0.25, 0.3) is 0 Å². The molecule has 4 aromatic carbocycles. The molecule has 7 heteroatoms. The summed E-state index contributed by atoms with van der Waals surface area (Å²) in [4.78, 5) is 15.0. The van der Waals surface area contributed by atoms with Gasteiger partial charge in [-0.05, 0) is 56.9 Å². The van der Waals surface area contributed by atoms with Crippen molar-refractivity contribution in [2.45, 2.75) is 111 Å². The summed E-state index contributed by atoms with van der Waals surface area (Å²) in [5.41, 5.74) is 8.04. The van der Waals surface area contributed by atoms with Gasteiger partial charge in [-0.2, -0.15) is 0 Å². The molecule has 54 heavy (non-hydrogen) atoms. The Morgan fingerprint density at radius 3 is 1.72 bits per heavy atom. The molecule has 0 spiro atoms. The van der Waals surface area contributed by atoms with Crippen molar-refractivity contribution in [1.82, 2.24) is 15.0 Å². The van der Waals surface area contributed by atoms with Crippen LogP contribution in [0.2, 0.25) is 0 Å². The van der Waals surface area contributed by atoms with E-state index in [1.54, 1.807) is 6.07 Å². The number of hydrogen-bond acceptors (Lipinski definition) is 7. The molecule has 286 valence electrons. The fourth-order valence-corrected chi connectivity index (χ4v) is 7.02. The third kappa shape index (κ3) is 10.5. The van der Waals surface area contributed by atoms with Crippen molar-refractivity contribution >= 4 is 0 Å². The second kappa shape index (κ2) is 19.1. The molecule has 0 amide bonds. The number of aliphatic hydroxyl groups is 1. The molecule has 0 bridgehead atoms. The van der Waals surface area contributed by atoms with Crippen LogP contribution in [0.4, 0.5) is 0 Å². The Balaban J connectivity index is 1.45. The molecule has 1 unspecified atom stereocenters. The van der Waals surface area contributed by atoms with Crippen molar-refractivity contribution in [3.8, 4) is 45.7 Å². The van der Waals surface area contributed by atoms with Crippen molar-refractivity contribution in [3.63, 3.8) is 0 Å². The van der Waals surface area contributed by atoms with Crippen LogP contribution in [0.1, 0.15) is 106 Å². The van der Waals surface area contributed by atoms with Gasteiger partial charge in [0.15, 0.2) is 17.5 Å². The van der Waals surface area contributed by atoms with E-state index in [0.29, 0.717) is 35.4 Å². The lowest BCUT2D eigenvalue weighted by Gasteiger charge is -2.29. The van der Waals surface area contributed by atoms with E-state index in [1.165, 1.54) is 38.5 Å². The van der Waals surface area contributed by atoms with E-state index in [0.717, 1.165) is 57.3 Å². The highest BCUT2D eigenvalue weighted by atomic mass is 16.5. The summed E-state index contributed by atoms with van der Waals surface area (Å²) in [6.07, 6.45) is 9.03. The molecule has 0 aliphatic rings. The normalized spacial score (nSPS) is 12.2. The molecule has 5 aromatic rings. The maximum Gasteiger partial charge on any atom is 0.167 e. The monoisotopic (exact) mass is 729 g/mol. The van der Waals surface area contributed by atoms with Gasteiger partial charge in [-0.3, -0.25) is 0 Å². The number of aryl methyl sites for hydroxylation is 4. The van der Waals surface area contributed by atoms with Crippen LogP contribution in [0.15, 0.2) is 78.9 Å². The lowest BCUT2D eigenvalue weighted by Crippen LogP contribution is -2.26. The van der Waals surface area contributed by atoms with Gasteiger partial charge in [0.2, 0.25) is 0 Å². The van der Waals surface area contributed by atoms with Crippen molar-refractivity contribution in [1.29, 1.82) is 0 Å². The van der Waals surface area contributed by atoms with E-state index in [-0.39, 0.29) is 19.0 Å². The highest BCUT2D eigenvalue weighted by Gasteiger charge is 2.30. The first kappa shape index (κ1) is 40.6. The van der Waals surface area contributed by atoms with Gasteiger partial charge >= 0.3 is 0 Å². The maximum atomic E-state index is 11.7. The molecule has 5 rings (SSSR count). The van der Waals surface area contributed by atoms with E-state index in [9.17, 15) is 10.2 Å². The van der Waals surface area contributed by atoms with E-state index in [2.05, 4.69) is 84.9 Å². The summed E-state index contributed by atoms with van der Waals surface area (Å²) in [6.45, 7) is 15.6. The van der Waals surface area contributed by atoms with Crippen molar-refractivity contribution in [3.05, 3.63) is 112 Å². The fourth-order valence-electron chi connectivity index (χ4n) is 7.02. The molecule has 1 atom stereocenters. The Labute approximate surface area is 322 Å². The van der Waals surface area contributed by atoms with Crippen LogP contribution in [0.3, 0.4) is 0 Å². The zero-order valence-electron chi connectivity index (χ0n) is 33.4. The number of rotatable bonds is 19. The largest absolute Gasteiger partial charge is 0.507 e. The Morgan fingerprint density at radius 1 is 0.630 bits per heavy atom. The molecule has 0 saturated heterocycles. The van der Waals surface area contributed by atoms with Gasteiger partial charge in [-0.1, -0.05) is 144 Å². The summed E-state index contributed by atoms with van der Waals surface area (Å²) in [5.74, 6) is 1.88. The maximum absolute atomic E-state index is 11.7. The quantitative estimate of drug-likeness (QED) is 0.0817. The molecular weight excluding hydrogens is 671 g/mol. The number of phenolic OH excluding ortho intramolecular Hbond substituents is 1. The zero-order valence-corrected chi connectivity index (χ0v) is 33.4. The Bertz CT molecular complexity index is 1900. The molecule has 1 heterocycles. The highest BCUT2D eigenvalue weighted by molar-refractivity contribution is 5.74. The third-order valence-corrected chi connectivity index (χ3v) is 10.3. The zero-order chi connectivity index (χ0) is 38.7. The van der Waals surface area contributed by atoms with Crippen LogP contribution >= 0.6 is 0 Å². The molecule has 1 aromatic heterocycles. The second-order valence-corrected chi connectivity index (χ2v) is 15.3. The van der Waals surface area contributed by atoms with Crippen LogP contribution in [-0.2, 0) is 10.2 Å². The van der Waals surface area contributed by atoms with Gasteiger partial charge < -0.3 is 19.7 Å². The van der Waals surface area contributed by atoms with Crippen molar-refractivity contribution < 1.29 is 19.7 Å². The summed E-state index contributed by atoms with van der Waals surface area (Å²) in [6, 6.07) is 26.2. The minimum Gasteiger partial charge on any atom is -0.507 e. The summed E-state index contributed by atoms with van der Waals surface area (Å²) in [7, 11) is 0. The first-order chi connectivity index (χ1) is 26.0. The topological polar surface area (TPSA) is 97.6 Å². The summed E-state index contributed by atoms with van der Waals surface area (Å²) in [5, 5.41) is 22.6. The minimum absolute atomic E-state index is 0.0214. The molecule has 7 nitrogen and oxygen atoms in total. The number of hydrogen-bond donors (Lipinski definition) is 2. The number of aromatic hydroxyl groups is 1. The number of aromatic nitrogens is 3. The van der Waals surface area contributed by atoms with Crippen LogP contribution < -0.4 is 4.74 Å². The lowest BCUT2D eigenvalue weighted by atomic mass is 9.77. The number of nitrogens with zero attached hydrogens (tertiary/aromatic N) is 3. The van der Waals surface area contributed by atoms with Crippen LogP contribution in [-0.4, -0.2) is 51.1 Å². The van der Waals surface area contributed by atoms with E-state index >= 15 is 0 Å². The van der Waals surface area contributed by atoms with Crippen molar-refractivity contribution in [2.75, 3.05) is 19.8 Å². The van der Waals surface area contributed by atoms with E-state index < -0.39 is 11.5 Å². The third-order valence-electron chi connectivity index (χ3n) is 10.3. The Hall–Kier alpha value is -4.59. The minimum atomic E-state index is -0.822. The lowest BCUT2D eigenvalue weighted by molar-refractivity contribution is 0.0106. The average Bonchev–Trinajstić information content (AvgIpc) is 3.14. The molecule has 2 N–H and O–H groups in total.